The Hall–Kier alpha value is -1.81. The molecule has 1 aromatic carbocycles. The Labute approximate surface area is 109 Å². The number of amides is 1. The van der Waals surface area contributed by atoms with Gasteiger partial charge >= 0.3 is 0 Å². The summed E-state index contributed by atoms with van der Waals surface area (Å²) in [4.78, 5) is 14.8. The number of phenols is 1. The molecule has 0 fully saturated rings. The smallest absolute Gasteiger partial charge is 0.264 e. The number of benzene rings is 1. The van der Waals surface area contributed by atoms with Crippen LogP contribution in [0, 0.1) is 0 Å². The van der Waals surface area contributed by atoms with Gasteiger partial charge in [0.1, 0.15) is 5.75 Å². The molecular weight excluding hydrogens is 246 g/mol. The minimum atomic E-state index is 0.0824. The molecule has 18 heavy (non-hydrogen) atoms. The Kier molecular flexibility index (Phi) is 2.80. The lowest BCUT2D eigenvalue weighted by molar-refractivity contribution is 0.0739. The lowest BCUT2D eigenvalue weighted by Gasteiger charge is -2.28. The fourth-order valence-electron chi connectivity index (χ4n) is 2.27. The van der Waals surface area contributed by atoms with E-state index < -0.39 is 0 Å². The number of hydrogen-bond acceptors (Lipinski definition) is 3. The van der Waals surface area contributed by atoms with Gasteiger partial charge in [-0.25, -0.2) is 0 Å². The van der Waals surface area contributed by atoms with Gasteiger partial charge in [-0.2, -0.15) is 0 Å². The van der Waals surface area contributed by atoms with E-state index in [0.717, 1.165) is 23.4 Å². The van der Waals surface area contributed by atoms with Gasteiger partial charge in [0, 0.05) is 13.1 Å². The molecule has 92 valence electrons. The third kappa shape index (κ3) is 1.99. The first kappa shape index (κ1) is 11.3. The summed E-state index contributed by atoms with van der Waals surface area (Å²) >= 11 is 1.47. The van der Waals surface area contributed by atoms with E-state index in [2.05, 4.69) is 0 Å². The van der Waals surface area contributed by atoms with Crippen LogP contribution in [0.3, 0.4) is 0 Å². The molecular formula is C14H13NO2S. The van der Waals surface area contributed by atoms with Crippen molar-refractivity contribution in [3.63, 3.8) is 0 Å². The molecule has 3 nitrogen and oxygen atoms in total. The molecule has 1 aliphatic rings. The van der Waals surface area contributed by atoms with Crippen LogP contribution >= 0.6 is 11.3 Å². The summed E-state index contributed by atoms with van der Waals surface area (Å²) in [7, 11) is 0. The van der Waals surface area contributed by atoms with Crippen LogP contribution in [0.15, 0.2) is 35.7 Å². The summed E-state index contributed by atoms with van der Waals surface area (Å²) in [5, 5.41) is 11.4. The van der Waals surface area contributed by atoms with E-state index in [1.165, 1.54) is 16.9 Å². The molecule has 1 aromatic heterocycles. The fraction of sp³-hybridized carbons (Fsp3) is 0.214. The molecule has 1 aliphatic heterocycles. The van der Waals surface area contributed by atoms with E-state index in [4.69, 9.17) is 0 Å². The topological polar surface area (TPSA) is 40.5 Å². The third-order valence-electron chi connectivity index (χ3n) is 3.22. The van der Waals surface area contributed by atoms with E-state index >= 15 is 0 Å². The second-order valence-corrected chi connectivity index (χ2v) is 5.35. The maximum absolute atomic E-state index is 12.2. The summed E-state index contributed by atoms with van der Waals surface area (Å²) < 4.78 is 0. The minimum Gasteiger partial charge on any atom is -0.508 e. The summed E-state index contributed by atoms with van der Waals surface area (Å²) in [5.41, 5.74) is 2.27. The van der Waals surface area contributed by atoms with Crippen molar-refractivity contribution in [1.82, 2.24) is 4.90 Å². The number of nitrogens with zero attached hydrogens (tertiary/aromatic N) is 1. The quantitative estimate of drug-likeness (QED) is 0.855. The second-order valence-electron chi connectivity index (χ2n) is 4.41. The highest BCUT2D eigenvalue weighted by Crippen LogP contribution is 2.24. The molecule has 2 aromatic rings. The zero-order valence-electron chi connectivity index (χ0n) is 9.80. The molecule has 0 saturated carbocycles. The molecule has 0 saturated heterocycles. The van der Waals surface area contributed by atoms with Crippen molar-refractivity contribution in [1.29, 1.82) is 0 Å². The van der Waals surface area contributed by atoms with Gasteiger partial charge in [0.05, 0.1) is 4.88 Å². The Bertz CT molecular complexity index is 577. The Morgan fingerprint density at radius 3 is 2.94 bits per heavy atom. The second kappa shape index (κ2) is 4.46. The van der Waals surface area contributed by atoms with Gasteiger partial charge in [-0.15, -0.1) is 11.3 Å². The van der Waals surface area contributed by atoms with Gasteiger partial charge in [-0.05, 0) is 41.1 Å². The van der Waals surface area contributed by atoms with E-state index in [0.29, 0.717) is 6.54 Å². The summed E-state index contributed by atoms with van der Waals surface area (Å²) in [5.74, 6) is 0.346. The molecule has 4 heteroatoms. The van der Waals surface area contributed by atoms with E-state index in [-0.39, 0.29) is 11.7 Å². The zero-order valence-corrected chi connectivity index (χ0v) is 10.6. The van der Waals surface area contributed by atoms with Gasteiger partial charge in [0.2, 0.25) is 0 Å². The van der Waals surface area contributed by atoms with Gasteiger partial charge in [0.25, 0.3) is 5.91 Å². The SMILES string of the molecule is O=C(c1cccs1)N1CCc2ccc(O)cc2C1. The largest absolute Gasteiger partial charge is 0.508 e. The van der Waals surface area contributed by atoms with E-state index in [9.17, 15) is 9.90 Å². The first-order valence-electron chi connectivity index (χ1n) is 5.87. The normalized spacial score (nSPS) is 14.3. The summed E-state index contributed by atoms with van der Waals surface area (Å²) in [6.07, 6.45) is 0.854. The number of rotatable bonds is 1. The molecule has 0 aliphatic carbocycles. The van der Waals surface area contributed by atoms with Crippen molar-refractivity contribution >= 4 is 17.2 Å². The number of aromatic hydroxyl groups is 1. The van der Waals surface area contributed by atoms with Crippen LogP contribution in [0.1, 0.15) is 20.8 Å². The van der Waals surface area contributed by atoms with Gasteiger partial charge in [-0.3, -0.25) is 4.79 Å². The van der Waals surface area contributed by atoms with Crippen molar-refractivity contribution in [2.24, 2.45) is 0 Å². The number of hydrogen-bond donors (Lipinski definition) is 1. The third-order valence-corrected chi connectivity index (χ3v) is 4.08. The summed E-state index contributed by atoms with van der Waals surface area (Å²) in [6, 6.07) is 9.14. The van der Waals surface area contributed by atoms with Gasteiger partial charge in [-0.1, -0.05) is 12.1 Å². The van der Waals surface area contributed by atoms with Crippen molar-refractivity contribution in [2.45, 2.75) is 13.0 Å². The standard InChI is InChI=1S/C14H13NO2S/c16-12-4-3-10-5-6-15(9-11(10)8-12)14(17)13-2-1-7-18-13/h1-4,7-8,16H,5-6,9H2. The average Bonchev–Trinajstić information content (AvgIpc) is 2.90. The highest BCUT2D eigenvalue weighted by molar-refractivity contribution is 7.12. The number of carbonyl (C=O) groups is 1. The van der Waals surface area contributed by atoms with Gasteiger partial charge < -0.3 is 10.0 Å². The van der Waals surface area contributed by atoms with Crippen LogP contribution in [0.2, 0.25) is 0 Å². The molecule has 1 amide bonds. The van der Waals surface area contributed by atoms with Crippen molar-refractivity contribution < 1.29 is 9.90 Å². The Morgan fingerprint density at radius 1 is 1.28 bits per heavy atom. The first-order valence-corrected chi connectivity index (χ1v) is 6.75. The zero-order chi connectivity index (χ0) is 12.5. The first-order chi connectivity index (χ1) is 8.74. The van der Waals surface area contributed by atoms with Crippen LogP contribution in [0.25, 0.3) is 0 Å². The summed E-state index contributed by atoms with van der Waals surface area (Å²) in [6.45, 7) is 1.33. The Morgan fingerprint density at radius 2 is 2.17 bits per heavy atom. The number of thiophene rings is 1. The van der Waals surface area contributed by atoms with Crippen LogP contribution in [0.5, 0.6) is 5.75 Å². The monoisotopic (exact) mass is 259 g/mol. The molecule has 0 atom stereocenters. The fourth-order valence-corrected chi connectivity index (χ4v) is 2.96. The number of phenolic OH excluding ortho intramolecular Hbond substituents is 1. The molecule has 2 heterocycles. The maximum Gasteiger partial charge on any atom is 0.264 e. The molecule has 0 unspecified atom stereocenters. The highest BCUT2D eigenvalue weighted by Gasteiger charge is 2.22. The molecule has 1 N–H and O–H groups in total. The molecule has 0 bridgehead atoms. The lowest BCUT2D eigenvalue weighted by atomic mass is 9.99. The van der Waals surface area contributed by atoms with Crippen LogP contribution < -0.4 is 0 Å². The predicted octanol–water partition coefficient (Wildman–Crippen LogP) is 2.65. The molecule has 3 rings (SSSR count). The van der Waals surface area contributed by atoms with E-state index in [1.807, 2.05) is 28.5 Å². The number of carbonyl (C=O) groups excluding carboxylic acids is 1. The van der Waals surface area contributed by atoms with Crippen LogP contribution in [-0.2, 0) is 13.0 Å². The minimum absolute atomic E-state index is 0.0824. The lowest BCUT2D eigenvalue weighted by Crippen LogP contribution is -2.35. The average molecular weight is 259 g/mol. The van der Waals surface area contributed by atoms with E-state index in [1.54, 1.807) is 12.1 Å². The van der Waals surface area contributed by atoms with Gasteiger partial charge in [0.15, 0.2) is 0 Å². The van der Waals surface area contributed by atoms with Crippen molar-refractivity contribution in [2.75, 3.05) is 6.54 Å². The Balaban J connectivity index is 1.84. The maximum atomic E-state index is 12.2. The van der Waals surface area contributed by atoms with Crippen molar-refractivity contribution in [3.05, 3.63) is 51.7 Å². The number of fused-ring (bicyclic) bond motifs is 1. The van der Waals surface area contributed by atoms with Crippen LogP contribution in [0.4, 0.5) is 0 Å². The molecule has 0 radical (unpaired) electrons. The highest BCUT2D eigenvalue weighted by atomic mass is 32.1. The van der Waals surface area contributed by atoms with Crippen LogP contribution in [-0.4, -0.2) is 22.5 Å². The predicted molar refractivity (Wildman–Crippen MR) is 70.9 cm³/mol. The molecule has 0 spiro atoms. The van der Waals surface area contributed by atoms with Crippen molar-refractivity contribution in [3.8, 4) is 5.75 Å².